The van der Waals surface area contributed by atoms with E-state index in [4.69, 9.17) is 0 Å². The first-order valence-corrected chi connectivity index (χ1v) is 6.62. The molecule has 1 heterocycles. The lowest BCUT2D eigenvalue weighted by atomic mass is 10.2. The van der Waals surface area contributed by atoms with Gasteiger partial charge < -0.3 is 4.90 Å². The highest BCUT2D eigenvalue weighted by atomic mass is 19.3. The number of nitrogens with zero attached hydrogens (tertiary/aromatic N) is 3. The summed E-state index contributed by atoms with van der Waals surface area (Å²) in [5.41, 5.74) is 1.55. The molecule has 4 nitrogen and oxygen atoms in total. The molecular weight excluding hydrogens is 276 g/mol. The van der Waals surface area contributed by atoms with E-state index in [1.807, 2.05) is 30.3 Å². The van der Waals surface area contributed by atoms with Gasteiger partial charge in [0.2, 0.25) is 5.91 Å². The Bertz CT molecular complexity index is 584. The summed E-state index contributed by atoms with van der Waals surface area (Å²) < 4.78 is 26.9. The molecule has 0 aliphatic carbocycles. The zero-order valence-corrected chi connectivity index (χ0v) is 11.7. The normalized spacial score (nSPS) is 10.9. The van der Waals surface area contributed by atoms with Crippen LogP contribution in [0.5, 0.6) is 0 Å². The molecule has 0 aliphatic rings. The van der Waals surface area contributed by atoms with Gasteiger partial charge in [-0.2, -0.15) is 5.10 Å². The summed E-state index contributed by atoms with van der Waals surface area (Å²) in [4.78, 5) is 13.4. The van der Waals surface area contributed by atoms with E-state index in [0.29, 0.717) is 0 Å². The number of amides is 1. The second kappa shape index (κ2) is 6.97. The minimum absolute atomic E-state index is 0.0768. The molecule has 1 aromatic carbocycles. The summed E-state index contributed by atoms with van der Waals surface area (Å²) in [6, 6.07) is 9.12. The number of hydrogen-bond acceptors (Lipinski definition) is 2. The summed E-state index contributed by atoms with van der Waals surface area (Å²) in [6.45, 7) is -0.377. The standard InChI is InChI=1S/C15H17F2N3O/c1-19-9-13(8-18-19)7-15(21)20(11-14(16)17)10-12-5-3-2-4-6-12/h2-6,8-9,14H,7,10-11H2,1H3. The van der Waals surface area contributed by atoms with E-state index in [1.165, 1.54) is 4.90 Å². The third kappa shape index (κ3) is 4.66. The van der Waals surface area contributed by atoms with Crippen LogP contribution in [0.2, 0.25) is 0 Å². The number of carbonyl (C=O) groups excluding carboxylic acids is 1. The first kappa shape index (κ1) is 15.2. The summed E-state index contributed by atoms with van der Waals surface area (Å²) in [7, 11) is 1.74. The Hall–Kier alpha value is -2.24. The van der Waals surface area contributed by atoms with Gasteiger partial charge in [-0.1, -0.05) is 30.3 Å². The molecule has 0 aliphatic heterocycles. The third-order valence-electron chi connectivity index (χ3n) is 3.04. The van der Waals surface area contributed by atoms with Crippen molar-refractivity contribution < 1.29 is 13.6 Å². The van der Waals surface area contributed by atoms with E-state index in [1.54, 1.807) is 24.1 Å². The third-order valence-corrected chi connectivity index (χ3v) is 3.04. The molecule has 6 heteroatoms. The number of benzene rings is 1. The Morgan fingerprint density at radius 2 is 2.00 bits per heavy atom. The fourth-order valence-electron chi connectivity index (χ4n) is 2.07. The van der Waals surface area contributed by atoms with Crippen LogP contribution in [-0.2, 0) is 24.8 Å². The predicted molar refractivity (Wildman–Crippen MR) is 74.8 cm³/mol. The maximum atomic E-state index is 12.7. The van der Waals surface area contributed by atoms with Crippen LogP contribution in [-0.4, -0.2) is 33.6 Å². The van der Waals surface area contributed by atoms with E-state index < -0.39 is 13.0 Å². The highest BCUT2D eigenvalue weighted by Crippen LogP contribution is 2.10. The molecule has 0 unspecified atom stereocenters. The van der Waals surface area contributed by atoms with Gasteiger partial charge in [-0.25, -0.2) is 8.78 Å². The number of alkyl halides is 2. The molecule has 0 bridgehead atoms. The number of rotatable bonds is 6. The lowest BCUT2D eigenvalue weighted by Gasteiger charge is -2.22. The highest BCUT2D eigenvalue weighted by Gasteiger charge is 2.19. The molecule has 0 spiro atoms. The quantitative estimate of drug-likeness (QED) is 0.819. The Kier molecular flexibility index (Phi) is 5.03. The monoisotopic (exact) mass is 293 g/mol. The minimum atomic E-state index is -2.55. The van der Waals surface area contributed by atoms with E-state index in [-0.39, 0.29) is 18.9 Å². The molecule has 0 radical (unpaired) electrons. The Balaban J connectivity index is 2.06. The molecule has 1 aromatic heterocycles. The fraction of sp³-hybridized carbons (Fsp3) is 0.333. The van der Waals surface area contributed by atoms with E-state index in [0.717, 1.165) is 11.1 Å². The van der Waals surface area contributed by atoms with Crippen molar-refractivity contribution in [2.24, 2.45) is 7.05 Å². The Morgan fingerprint density at radius 1 is 1.29 bits per heavy atom. The SMILES string of the molecule is Cn1cc(CC(=O)N(Cc2ccccc2)CC(F)F)cn1. The number of aryl methyl sites for hydroxylation is 1. The average molecular weight is 293 g/mol. The van der Waals surface area contributed by atoms with E-state index >= 15 is 0 Å². The second-order valence-corrected chi connectivity index (χ2v) is 4.85. The number of aromatic nitrogens is 2. The molecule has 0 fully saturated rings. The lowest BCUT2D eigenvalue weighted by Crippen LogP contribution is -2.35. The Labute approximate surface area is 122 Å². The number of hydrogen-bond donors (Lipinski definition) is 0. The van der Waals surface area contributed by atoms with Crippen molar-refractivity contribution in [3.63, 3.8) is 0 Å². The first-order chi connectivity index (χ1) is 10.0. The van der Waals surface area contributed by atoms with Crippen LogP contribution in [0.4, 0.5) is 8.78 Å². The van der Waals surface area contributed by atoms with E-state index in [2.05, 4.69) is 5.10 Å². The maximum absolute atomic E-state index is 12.7. The van der Waals surface area contributed by atoms with Crippen LogP contribution < -0.4 is 0 Å². The van der Waals surface area contributed by atoms with Crippen LogP contribution in [0.1, 0.15) is 11.1 Å². The molecule has 21 heavy (non-hydrogen) atoms. The van der Waals surface area contributed by atoms with E-state index in [9.17, 15) is 13.6 Å². The summed E-state index contributed by atoms with van der Waals surface area (Å²) in [5.74, 6) is -0.327. The van der Waals surface area contributed by atoms with Gasteiger partial charge in [0.25, 0.3) is 6.43 Å². The topological polar surface area (TPSA) is 38.1 Å². The highest BCUT2D eigenvalue weighted by molar-refractivity contribution is 5.78. The zero-order chi connectivity index (χ0) is 15.2. The van der Waals surface area contributed by atoms with Crippen molar-refractivity contribution in [2.45, 2.75) is 19.4 Å². The van der Waals surface area contributed by atoms with Gasteiger partial charge >= 0.3 is 0 Å². The Morgan fingerprint density at radius 3 is 2.57 bits per heavy atom. The van der Waals surface area contributed by atoms with Gasteiger partial charge in [0, 0.05) is 19.8 Å². The van der Waals surface area contributed by atoms with Gasteiger partial charge in [-0.05, 0) is 11.1 Å². The van der Waals surface area contributed by atoms with Crippen molar-refractivity contribution in [3.8, 4) is 0 Å². The lowest BCUT2D eigenvalue weighted by molar-refractivity contribution is -0.133. The average Bonchev–Trinajstić information content (AvgIpc) is 2.84. The van der Waals surface area contributed by atoms with Crippen molar-refractivity contribution in [1.29, 1.82) is 0 Å². The smallest absolute Gasteiger partial charge is 0.255 e. The number of halogens is 2. The van der Waals surface area contributed by atoms with Crippen LogP contribution in [0.25, 0.3) is 0 Å². The van der Waals surface area contributed by atoms with Gasteiger partial charge in [0.05, 0.1) is 19.2 Å². The molecule has 0 N–H and O–H groups in total. The predicted octanol–water partition coefficient (Wildman–Crippen LogP) is 2.26. The van der Waals surface area contributed by atoms with Crippen molar-refractivity contribution in [1.82, 2.24) is 14.7 Å². The first-order valence-electron chi connectivity index (χ1n) is 6.62. The summed E-state index contributed by atoms with van der Waals surface area (Å²) >= 11 is 0. The van der Waals surface area contributed by atoms with Crippen LogP contribution in [0, 0.1) is 0 Å². The minimum Gasteiger partial charge on any atom is -0.332 e. The summed E-state index contributed by atoms with van der Waals surface area (Å²) in [5, 5.41) is 3.97. The van der Waals surface area contributed by atoms with Gasteiger partial charge in [0.15, 0.2) is 0 Å². The molecule has 1 amide bonds. The van der Waals surface area contributed by atoms with Crippen LogP contribution in [0.15, 0.2) is 42.7 Å². The molecule has 2 rings (SSSR count). The summed E-state index contributed by atoms with van der Waals surface area (Å²) in [6.07, 6.45) is 0.807. The van der Waals surface area contributed by atoms with Gasteiger partial charge in [0.1, 0.15) is 0 Å². The number of carbonyl (C=O) groups is 1. The fourth-order valence-corrected chi connectivity index (χ4v) is 2.07. The van der Waals surface area contributed by atoms with Crippen LogP contribution in [0.3, 0.4) is 0 Å². The molecular formula is C15H17F2N3O. The van der Waals surface area contributed by atoms with Crippen molar-refractivity contribution in [2.75, 3.05) is 6.54 Å². The maximum Gasteiger partial charge on any atom is 0.255 e. The molecule has 0 saturated carbocycles. The largest absolute Gasteiger partial charge is 0.332 e. The molecule has 112 valence electrons. The molecule has 0 saturated heterocycles. The van der Waals surface area contributed by atoms with Gasteiger partial charge in [-0.15, -0.1) is 0 Å². The zero-order valence-electron chi connectivity index (χ0n) is 11.7. The van der Waals surface area contributed by atoms with Gasteiger partial charge in [-0.3, -0.25) is 9.48 Å². The van der Waals surface area contributed by atoms with Crippen molar-refractivity contribution in [3.05, 3.63) is 53.9 Å². The van der Waals surface area contributed by atoms with Crippen molar-refractivity contribution >= 4 is 5.91 Å². The van der Waals surface area contributed by atoms with Crippen LogP contribution >= 0.6 is 0 Å². The second-order valence-electron chi connectivity index (χ2n) is 4.85. The molecule has 2 aromatic rings. The molecule has 0 atom stereocenters.